The highest BCUT2D eigenvalue weighted by Crippen LogP contribution is 2.24. The van der Waals surface area contributed by atoms with Crippen molar-refractivity contribution in [1.29, 1.82) is 0 Å². The molecule has 0 bridgehead atoms. The number of aryl methyl sites for hydroxylation is 2. The number of hydrogen-bond donors (Lipinski definition) is 3. The van der Waals surface area contributed by atoms with Gasteiger partial charge in [-0.15, -0.1) is 0 Å². The highest BCUT2D eigenvalue weighted by molar-refractivity contribution is 5.97. The smallest absolute Gasteiger partial charge is 0.251 e. The number of aliphatic imine (C=N–C) groups is 1. The number of nitrogens with one attached hydrogen (secondary N) is 2. The van der Waals surface area contributed by atoms with E-state index in [0.717, 1.165) is 35.2 Å². The molecule has 0 radical (unpaired) electrons. The minimum absolute atomic E-state index is 0.00341. The molecule has 0 aromatic heterocycles. The van der Waals surface area contributed by atoms with E-state index in [0.29, 0.717) is 19.0 Å². The molecule has 0 saturated heterocycles. The molecule has 0 spiro atoms. The lowest BCUT2D eigenvalue weighted by atomic mass is 9.98. The number of guanidine groups is 1. The van der Waals surface area contributed by atoms with Gasteiger partial charge in [0, 0.05) is 17.8 Å². The number of fused-ring (bicyclic) bond motifs is 2. The number of rotatable bonds is 3. The van der Waals surface area contributed by atoms with Gasteiger partial charge in [0.05, 0.1) is 6.54 Å². The Hall–Kier alpha value is -2.82. The number of amides is 1. The molecule has 1 heterocycles. The Kier molecular flexibility index (Phi) is 4.14. The molecule has 1 amide bonds. The van der Waals surface area contributed by atoms with Gasteiger partial charge in [-0.1, -0.05) is 18.2 Å². The third-order valence-electron chi connectivity index (χ3n) is 4.90. The Morgan fingerprint density at radius 2 is 1.92 bits per heavy atom. The molecule has 1 aliphatic heterocycles. The number of hydrogen-bond acceptors (Lipinski definition) is 2. The molecule has 1 aliphatic carbocycles. The molecule has 0 fully saturated rings. The van der Waals surface area contributed by atoms with E-state index < -0.39 is 0 Å². The Morgan fingerprint density at radius 3 is 2.84 bits per heavy atom. The summed E-state index contributed by atoms with van der Waals surface area (Å²) in [5.74, 6) is 0.386. The summed E-state index contributed by atoms with van der Waals surface area (Å²) in [5, 5.41) is 6.03. The van der Waals surface area contributed by atoms with Crippen molar-refractivity contribution in [2.24, 2.45) is 10.7 Å². The van der Waals surface area contributed by atoms with E-state index in [-0.39, 0.29) is 5.91 Å². The molecule has 2 aromatic carbocycles. The van der Waals surface area contributed by atoms with E-state index >= 15 is 0 Å². The van der Waals surface area contributed by atoms with Crippen molar-refractivity contribution in [1.82, 2.24) is 5.32 Å². The second-order valence-electron chi connectivity index (χ2n) is 6.66. The van der Waals surface area contributed by atoms with Crippen LogP contribution in [0.2, 0.25) is 0 Å². The second kappa shape index (κ2) is 6.59. The van der Waals surface area contributed by atoms with Crippen LogP contribution in [0.5, 0.6) is 0 Å². The third-order valence-corrected chi connectivity index (χ3v) is 4.90. The topological polar surface area (TPSA) is 79.5 Å². The van der Waals surface area contributed by atoms with Crippen molar-refractivity contribution in [2.45, 2.75) is 32.2 Å². The number of nitrogens with zero attached hydrogens (tertiary/aromatic N) is 1. The summed E-state index contributed by atoms with van der Waals surface area (Å²) >= 11 is 0. The zero-order valence-corrected chi connectivity index (χ0v) is 14.1. The Bertz CT molecular complexity index is 857. The van der Waals surface area contributed by atoms with Crippen LogP contribution < -0.4 is 16.4 Å². The fourth-order valence-corrected chi connectivity index (χ4v) is 3.57. The van der Waals surface area contributed by atoms with Crippen molar-refractivity contribution in [3.8, 4) is 0 Å². The maximum absolute atomic E-state index is 11.9. The second-order valence-corrected chi connectivity index (χ2v) is 6.66. The molecular weight excluding hydrogens is 312 g/mol. The van der Waals surface area contributed by atoms with E-state index in [9.17, 15) is 4.79 Å². The summed E-state index contributed by atoms with van der Waals surface area (Å²) in [6.07, 6.45) is 4.42. The fraction of sp³-hybridized carbons (Fsp3) is 0.300. The number of carbonyl (C=O) groups excluding carboxylic acids is 1. The maximum atomic E-state index is 11.9. The molecule has 128 valence electrons. The van der Waals surface area contributed by atoms with E-state index in [1.807, 2.05) is 18.2 Å². The average Bonchev–Trinajstić information content (AvgIpc) is 3.08. The molecule has 4 rings (SSSR count). The summed E-state index contributed by atoms with van der Waals surface area (Å²) in [5.41, 5.74) is 12.7. The van der Waals surface area contributed by atoms with Crippen LogP contribution in [0.3, 0.4) is 0 Å². The van der Waals surface area contributed by atoms with Gasteiger partial charge in [-0.25, -0.2) is 4.99 Å². The van der Waals surface area contributed by atoms with Crippen molar-refractivity contribution in [3.05, 3.63) is 64.2 Å². The number of carbonyl (C=O) groups is 1. The summed E-state index contributed by atoms with van der Waals surface area (Å²) in [6, 6.07) is 12.3. The van der Waals surface area contributed by atoms with Crippen LogP contribution in [-0.2, 0) is 25.8 Å². The van der Waals surface area contributed by atoms with Crippen molar-refractivity contribution < 1.29 is 4.79 Å². The van der Waals surface area contributed by atoms with Crippen molar-refractivity contribution in [3.63, 3.8) is 0 Å². The van der Waals surface area contributed by atoms with Gasteiger partial charge in [0.15, 0.2) is 5.96 Å². The van der Waals surface area contributed by atoms with Gasteiger partial charge in [-0.3, -0.25) is 4.79 Å². The molecule has 5 nitrogen and oxygen atoms in total. The van der Waals surface area contributed by atoms with Crippen LogP contribution in [0.25, 0.3) is 0 Å². The first-order chi connectivity index (χ1) is 12.2. The lowest BCUT2D eigenvalue weighted by molar-refractivity contribution is 0.0946. The van der Waals surface area contributed by atoms with Crippen LogP contribution in [0.15, 0.2) is 41.4 Å². The maximum Gasteiger partial charge on any atom is 0.251 e. The van der Waals surface area contributed by atoms with Crippen molar-refractivity contribution in [2.75, 3.05) is 11.9 Å². The fourth-order valence-electron chi connectivity index (χ4n) is 3.57. The first-order valence-corrected chi connectivity index (χ1v) is 8.78. The zero-order chi connectivity index (χ0) is 17.2. The lowest BCUT2D eigenvalue weighted by Gasteiger charge is -2.16. The average molecular weight is 334 g/mol. The van der Waals surface area contributed by atoms with E-state index in [4.69, 9.17) is 5.73 Å². The SMILES string of the molecule is NC(=NCc1ccc2c(c1)C(=O)NCC2)Nc1ccc2c(c1)CCC2. The van der Waals surface area contributed by atoms with Gasteiger partial charge in [-0.05, 0) is 66.1 Å². The van der Waals surface area contributed by atoms with Crippen molar-refractivity contribution >= 4 is 17.6 Å². The molecule has 4 N–H and O–H groups in total. The summed E-state index contributed by atoms with van der Waals surface area (Å²) in [6.45, 7) is 1.16. The zero-order valence-electron chi connectivity index (χ0n) is 14.1. The number of anilines is 1. The predicted molar refractivity (Wildman–Crippen MR) is 99.9 cm³/mol. The molecular formula is C20H22N4O. The van der Waals surface area contributed by atoms with Gasteiger partial charge >= 0.3 is 0 Å². The molecule has 2 aliphatic rings. The van der Waals surface area contributed by atoms with Crippen LogP contribution in [0, 0.1) is 0 Å². The monoisotopic (exact) mass is 334 g/mol. The van der Waals surface area contributed by atoms with Gasteiger partial charge in [-0.2, -0.15) is 0 Å². The summed E-state index contributed by atoms with van der Waals surface area (Å²) in [7, 11) is 0. The Balaban J connectivity index is 1.44. The van der Waals surface area contributed by atoms with Crippen LogP contribution in [0.1, 0.15) is 39.0 Å². The standard InChI is InChI=1S/C20H22N4O/c21-20(24-17-7-6-14-2-1-3-16(14)11-17)23-12-13-4-5-15-8-9-22-19(25)18(15)10-13/h4-7,10-11H,1-3,8-9,12H2,(H,22,25)(H3,21,23,24). The molecule has 0 saturated carbocycles. The van der Waals surface area contributed by atoms with Gasteiger partial charge in [0.2, 0.25) is 0 Å². The van der Waals surface area contributed by atoms with E-state index in [1.165, 1.54) is 24.0 Å². The Labute approximate surface area is 147 Å². The van der Waals surface area contributed by atoms with E-state index in [2.05, 4.69) is 33.8 Å². The first kappa shape index (κ1) is 15.7. The Morgan fingerprint density at radius 1 is 1.08 bits per heavy atom. The predicted octanol–water partition coefficient (Wildman–Crippen LogP) is 2.39. The number of benzene rings is 2. The quantitative estimate of drug-likeness (QED) is 0.596. The molecule has 5 heteroatoms. The minimum atomic E-state index is -0.00341. The van der Waals surface area contributed by atoms with Gasteiger partial charge < -0.3 is 16.4 Å². The number of nitrogens with two attached hydrogens (primary N) is 1. The summed E-state index contributed by atoms with van der Waals surface area (Å²) < 4.78 is 0. The minimum Gasteiger partial charge on any atom is -0.370 e. The van der Waals surface area contributed by atoms with Gasteiger partial charge in [0.1, 0.15) is 0 Å². The first-order valence-electron chi connectivity index (χ1n) is 8.78. The van der Waals surface area contributed by atoms with E-state index in [1.54, 1.807) is 0 Å². The molecule has 2 aromatic rings. The van der Waals surface area contributed by atoms with Crippen LogP contribution in [0.4, 0.5) is 5.69 Å². The van der Waals surface area contributed by atoms with Gasteiger partial charge in [0.25, 0.3) is 5.91 Å². The summed E-state index contributed by atoms with van der Waals surface area (Å²) in [4.78, 5) is 16.3. The third kappa shape index (κ3) is 3.36. The highest BCUT2D eigenvalue weighted by atomic mass is 16.1. The molecule has 0 atom stereocenters. The molecule has 0 unspecified atom stereocenters. The highest BCUT2D eigenvalue weighted by Gasteiger charge is 2.16. The van der Waals surface area contributed by atoms with Crippen LogP contribution in [-0.4, -0.2) is 18.4 Å². The molecule has 25 heavy (non-hydrogen) atoms. The largest absolute Gasteiger partial charge is 0.370 e. The van der Waals surface area contributed by atoms with Crippen LogP contribution >= 0.6 is 0 Å². The lowest BCUT2D eigenvalue weighted by Crippen LogP contribution is -2.31. The normalized spacial score (nSPS) is 16.2.